The van der Waals surface area contributed by atoms with Gasteiger partial charge in [0, 0.05) is 19.5 Å². The van der Waals surface area contributed by atoms with E-state index in [0.717, 1.165) is 72.3 Å². The monoisotopic (exact) mass is 1900 g/mol. The molecule has 0 fully saturated rings. The van der Waals surface area contributed by atoms with Gasteiger partial charge in [-0.1, -0.05) is 490 Å². The summed E-state index contributed by atoms with van der Waals surface area (Å²) in [6.45, 7) is 16.1. The fourth-order valence-electron chi connectivity index (χ4n) is 17.1. The average molecular weight is 1900 g/mol. The van der Waals surface area contributed by atoms with Crippen LogP contribution in [0.5, 0.6) is 5.75 Å². The average Bonchev–Trinajstić information content (AvgIpc) is 0.728. The number of hydrogen-bond donors (Lipinski definition) is 7. The predicted molar refractivity (Wildman–Crippen MR) is 551 cm³/mol. The summed E-state index contributed by atoms with van der Waals surface area (Å²) >= 11 is 0. The molecule has 0 aliphatic heterocycles. The molecule has 0 heterocycles. The Labute approximate surface area is 826 Å². The first kappa shape index (κ1) is 104. The van der Waals surface area contributed by atoms with Gasteiger partial charge in [-0.05, 0) is 153 Å². The first-order chi connectivity index (χ1) is 68.1. The molecule has 0 radical (unpaired) electrons. The van der Waals surface area contributed by atoms with Gasteiger partial charge >= 0.3 is 5.97 Å². The SMILES string of the molecule is CC(=O)Nc1ccc(C(O)(c2ccccc2)c2ccccc2)cc1.CC(=O)Oc1ccc(C(O)(c2ccccc2)c2ccccc2)cc1.CC(C)(C)c1ccc(C(O)(c2ccccc2)c2ccc(C(C)(C)C)cc2)cc1.OC(c1ccccc1)(c1ccccc1)c1c(F)c(F)c(F)c(F)c1F.OC(c1ccccc1)(c1ccccc1)c1ccc(F)cc1.OC(c1ccccc1)(c1ccccc1)c1ccccc1. The number of amides is 1. The van der Waals surface area contributed by atoms with Crippen molar-refractivity contribution >= 4 is 17.6 Å². The zero-order chi connectivity index (χ0) is 101. The summed E-state index contributed by atoms with van der Waals surface area (Å²) in [5, 5.41) is 72.0. The number of nitrogens with one attached hydrogen (secondary N) is 1. The Kier molecular flexibility index (Phi) is 33.8. The Balaban J connectivity index is 0.000000144. The minimum absolute atomic E-state index is 0.0376. The molecule has 0 saturated carbocycles. The molecule has 0 aliphatic carbocycles. The highest BCUT2D eigenvalue weighted by atomic mass is 19.2. The third-order valence-electron chi connectivity index (χ3n) is 24.6. The van der Waals surface area contributed by atoms with Gasteiger partial charge < -0.3 is 40.7 Å². The van der Waals surface area contributed by atoms with E-state index < -0.39 is 68.3 Å². The molecule has 0 saturated heterocycles. The van der Waals surface area contributed by atoms with Gasteiger partial charge in [0.2, 0.25) is 11.7 Å². The van der Waals surface area contributed by atoms with E-state index in [1.807, 2.05) is 315 Å². The minimum atomic E-state index is -2.56. The second-order valence-corrected chi connectivity index (χ2v) is 36.1. The topological polar surface area (TPSA) is 177 Å². The van der Waals surface area contributed by atoms with Crippen molar-refractivity contribution in [1.82, 2.24) is 0 Å². The van der Waals surface area contributed by atoms with Crippen LogP contribution in [0.4, 0.5) is 32.0 Å². The second-order valence-electron chi connectivity index (χ2n) is 36.1. The van der Waals surface area contributed by atoms with Gasteiger partial charge in [0.15, 0.2) is 23.3 Å². The molecule has 0 bridgehead atoms. The van der Waals surface area contributed by atoms with E-state index in [9.17, 15) is 66.6 Å². The normalized spacial score (nSPS) is 11.6. The Morgan fingerprint density at radius 1 is 0.204 bits per heavy atom. The maximum atomic E-state index is 14.4. The molecule has 0 spiro atoms. The number of ether oxygens (including phenoxy) is 1. The van der Waals surface area contributed by atoms with Crippen LogP contribution in [0.3, 0.4) is 0 Å². The number of carbonyl (C=O) groups is 2. The fraction of sp³-hybridized carbons (Fsp3) is 0.127. The van der Waals surface area contributed by atoms with E-state index in [2.05, 4.69) is 95.4 Å². The number of aliphatic hydroxyl groups is 6. The van der Waals surface area contributed by atoms with Crippen molar-refractivity contribution < 1.29 is 71.3 Å². The van der Waals surface area contributed by atoms with Crippen LogP contribution >= 0.6 is 0 Å². The summed E-state index contributed by atoms with van der Waals surface area (Å²) in [4.78, 5) is 22.2. The highest BCUT2D eigenvalue weighted by Crippen LogP contribution is 2.46. The maximum absolute atomic E-state index is 14.4. The lowest BCUT2D eigenvalue weighted by molar-refractivity contribution is -0.131. The first-order valence-corrected chi connectivity index (χ1v) is 46.3. The van der Waals surface area contributed by atoms with Crippen LogP contribution in [0.1, 0.15) is 167 Å². The second kappa shape index (κ2) is 46.3. The van der Waals surface area contributed by atoms with Crippen LogP contribution in [0.15, 0.2) is 485 Å². The highest BCUT2D eigenvalue weighted by molar-refractivity contribution is 5.88. The van der Waals surface area contributed by atoms with Gasteiger partial charge in [-0.2, -0.15) is 0 Å². The molecule has 1 amide bonds. The lowest BCUT2D eigenvalue weighted by Gasteiger charge is -2.31. The molecule has 142 heavy (non-hydrogen) atoms. The summed E-state index contributed by atoms with van der Waals surface area (Å²) in [6, 6.07) is 148. The molecule has 10 nitrogen and oxygen atoms in total. The van der Waals surface area contributed by atoms with Gasteiger partial charge in [0.05, 0.1) is 5.56 Å². The van der Waals surface area contributed by atoms with Gasteiger partial charge in [-0.25, -0.2) is 26.3 Å². The highest BCUT2D eigenvalue weighted by Gasteiger charge is 2.44. The quantitative estimate of drug-likeness (QED) is 0.00977. The van der Waals surface area contributed by atoms with E-state index >= 15 is 0 Å². The molecule has 716 valence electrons. The van der Waals surface area contributed by atoms with Crippen molar-refractivity contribution in [2.75, 3.05) is 5.32 Å². The predicted octanol–water partition coefficient (Wildman–Crippen LogP) is 27.1. The Bertz CT molecular complexity index is 6550. The molecule has 0 atom stereocenters. The number of halogens is 6. The van der Waals surface area contributed by atoms with Crippen LogP contribution in [0.2, 0.25) is 0 Å². The van der Waals surface area contributed by atoms with Gasteiger partial charge in [-0.15, -0.1) is 0 Å². The molecule has 18 rings (SSSR count). The van der Waals surface area contributed by atoms with E-state index in [4.69, 9.17) is 4.74 Å². The van der Waals surface area contributed by atoms with Crippen molar-refractivity contribution in [3.63, 3.8) is 0 Å². The zero-order valence-corrected chi connectivity index (χ0v) is 79.9. The number of benzene rings is 18. The van der Waals surface area contributed by atoms with Crippen molar-refractivity contribution in [3.8, 4) is 5.75 Å². The van der Waals surface area contributed by atoms with Gasteiger partial charge in [0.1, 0.15) is 45.2 Å². The van der Waals surface area contributed by atoms with E-state index in [0.29, 0.717) is 22.6 Å². The molecular weight excluding hydrogens is 1790 g/mol. The van der Waals surface area contributed by atoms with Gasteiger partial charge in [-0.3, -0.25) is 9.59 Å². The number of esters is 1. The summed E-state index contributed by atoms with van der Waals surface area (Å²) in [7, 11) is 0. The van der Waals surface area contributed by atoms with Crippen molar-refractivity contribution in [3.05, 3.63) is 631 Å². The number of hydrogen-bond acceptors (Lipinski definition) is 9. The molecule has 18 aromatic carbocycles. The Hall–Kier alpha value is -15.8. The summed E-state index contributed by atoms with van der Waals surface area (Å²) in [6.07, 6.45) is 0. The van der Waals surface area contributed by atoms with Crippen LogP contribution in [0, 0.1) is 34.9 Å². The Morgan fingerprint density at radius 3 is 0.542 bits per heavy atom. The smallest absolute Gasteiger partial charge is 0.308 e. The number of carbonyl (C=O) groups excluding carboxylic acids is 2. The molecule has 0 aliphatic rings. The van der Waals surface area contributed by atoms with E-state index in [1.165, 1.54) is 85.6 Å². The minimum Gasteiger partial charge on any atom is -0.427 e. The van der Waals surface area contributed by atoms with Crippen molar-refractivity contribution in [2.24, 2.45) is 0 Å². The fourth-order valence-corrected chi connectivity index (χ4v) is 17.1. The number of anilines is 1. The molecule has 7 N–H and O–H groups in total. The first-order valence-electron chi connectivity index (χ1n) is 46.3. The van der Waals surface area contributed by atoms with E-state index in [-0.39, 0.29) is 39.7 Å². The lowest BCUT2D eigenvalue weighted by Crippen LogP contribution is -2.32. The van der Waals surface area contributed by atoms with Crippen LogP contribution in [-0.2, 0) is 54.0 Å². The van der Waals surface area contributed by atoms with Crippen molar-refractivity contribution in [1.29, 1.82) is 0 Å². The summed E-state index contributed by atoms with van der Waals surface area (Å²) in [5.74, 6) is -11.0. The van der Waals surface area contributed by atoms with Crippen LogP contribution in [-0.4, -0.2) is 42.5 Å². The third-order valence-corrected chi connectivity index (χ3v) is 24.6. The Morgan fingerprint density at radius 2 is 0.359 bits per heavy atom. The van der Waals surface area contributed by atoms with Gasteiger partial charge in [0.25, 0.3) is 0 Å². The van der Waals surface area contributed by atoms with Crippen LogP contribution in [0.25, 0.3) is 0 Å². The third kappa shape index (κ3) is 23.7. The number of rotatable bonds is 20. The summed E-state index contributed by atoms with van der Waals surface area (Å²) in [5.41, 5.74) is 5.29. The standard InChI is InChI=1S/C27H32O.C21H19NO2.C21H18O3.C19H11F5O.C19H15FO.C19H16O/c1-25(2,3)20-12-16-23(17-13-20)27(28,22-10-8-7-9-11-22)24-18-14-21(15-19-24)26(4,5)6;1-16(23)22-20-14-12-19(13-15-20)21(24,17-8-4-2-5-9-17)18-10-6-3-7-11-18;1-16(22)24-20-14-12-19(13-15-20)21(23,17-8-4-2-5-9-17)18-10-6-3-7-11-18;20-14-13(15(21)17(23)18(24)16(14)22)19(25,11-7-3-1-4-8-11)12-9-5-2-6-10-12;20-18-13-11-17(12-14-18)19(21,15-7-3-1-4-8-15)16-9-5-2-6-10-16;20-19(16-10-4-1-5-11-16,17-12-6-2-7-13-17)18-14-8-3-9-15-18/h7-19,28H,1-6H3;2-15,24H,1H3,(H,22,23);2-15,23H,1H3;1-10,25H;1-14,21H;1-15,20H. The molecule has 16 heteroatoms. The molecule has 0 unspecified atom stereocenters. The zero-order valence-electron chi connectivity index (χ0n) is 79.9. The molecule has 0 aromatic heterocycles. The van der Waals surface area contributed by atoms with Crippen LogP contribution < -0.4 is 10.1 Å². The largest absolute Gasteiger partial charge is 0.427 e. The lowest BCUT2D eigenvalue weighted by atomic mass is 9.77. The summed E-state index contributed by atoms with van der Waals surface area (Å²) < 4.78 is 87.8. The molecule has 18 aromatic rings. The molecular formula is C126H111F6NO9. The van der Waals surface area contributed by atoms with E-state index in [1.54, 1.807) is 60.7 Å². The van der Waals surface area contributed by atoms with Crippen molar-refractivity contribution in [2.45, 2.75) is 99.8 Å². The maximum Gasteiger partial charge on any atom is 0.308 e.